The number of aromatic nitrogens is 2. The van der Waals surface area contributed by atoms with Gasteiger partial charge in [0, 0.05) is 42.2 Å². The maximum Gasteiger partial charge on any atom is 0.306 e. The van der Waals surface area contributed by atoms with Crippen molar-refractivity contribution in [2.75, 3.05) is 45.4 Å². The number of methoxy groups -OCH3 is 2. The molecule has 0 aliphatic carbocycles. The van der Waals surface area contributed by atoms with Crippen molar-refractivity contribution in [1.29, 1.82) is 0 Å². The summed E-state index contributed by atoms with van der Waals surface area (Å²) >= 11 is 0. The highest BCUT2D eigenvalue weighted by Gasteiger charge is 2.31. The van der Waals surface area contributed by atoms with Crippen LogP contribution in [0.5, 0.6) is 23.0 Å². The van der Waals surface area contributed by atoms with Gasteiger partial charge in [-0.2, -0.15) is 0 Å². The van der Waals surface area contributed by atoms with Crippen LogP contribution in [0.2, 0.25) is 0 Å². The molecule has 1 saturated heterocycles. The van der Waals surface area contributed by atoms with E-state index in [0.29, 0.717) is 66.6 Å². The van der Waals surface area contributed by atoms with E-state index in [1.165, 1.54) is 29.9 Å². The molecule has 11 nitrogen and oxygen atoms in total. The number of anilines is 1. The van der Waals surface area contributed by atoms with E-state index < -0.39 is 17.4 Å². The Morgan fingerprint density at radius 3 is 2.47 bits per heavy atom. The second-order valence-electron chi connectivity index (χ2n) is 10.5. The molecule has 0 bridgehead atoms. The van der Waals surface area contributed by atoms with Gasteiger partial charge < -0.3 is 39.0 Å². The van der Waals surface area contributed by atoms with Gasteiger partial charge in [-0.15, -0.1) is 0 Å². The van der Waals surface area contributed by atoms with Crippen molar-refractivity contribution in [3.63, 3.8) is 0 Å². The van der Waals surface area contributed by atoms with Gasteiger partial charge in [-0.3, -0.25) is 9.59 Å². The molecule has 3 heterocycles. The molecule has 2 aromatic heterocycles. The number of ether oxygens (including phenoxy) is 3. The Hall–Kier alpha value is -4.77. The molecule has 0 unspecified atom stereocenters. The summed E-state index contributed by atoms with van der Waals surface area (Å²) in [6.07, 6.45) is 0.166. The lowest BCUT2D eigenvalue weighted by Crippen LogP contribution is -2.38. The molecular formula is C32H35N3O8. The Morgan fingerprint density at radius 2 is 1.77 bits per heavy atom. The van der Waals surface area contributed by atoms with Crippen LogP contribution in [0.25, 0.3) is 10.9 Å². The Kier molecular flexibility index (Phi) is 8.72. The molecule has 0 amide bonds. The molecule has 2 aromatic carbocycles. The van der Waals surface area contributed by atoms with Crippen LogP contribution in [-0.4, -0.2) is 71.4 Å². The van der Waals surface area contributed by atoms with Crippen LogP contribution in [0.1, 0.15) is 34.7 Å². The number of esters is 1. The fraction of sp³-hybridized carbons (Fsp3) is 0.344. The van der Waals surface area contributed by atoms with Gasteiger partial charge in [0.05, 0.1) is 44.9 Å². The molecule has 0 spiro atoms. The lowest BCUT2D eigenvalue weighted by atomic mass is 9.87. The average molecular weight is 590 g/mol. The van der Waals surface area contributed by atoms with Gasteiger partial charge in [-0.05, 0) is 61.4 Å². The van der Waals surface area contributed by atoms with Crippen molar-refractivity contribution in [3.05, 3.63) is 81.3 Å². The van der Waals surface area contributed by atoms with Crippen molar-refractivity contribution in [2.24, 2.45) is 0 Å². The molecule has 1 aliphatic rings. The number of hydrogen-bond acceptors (Lipinski definition) is 10. The van der Waals surface area contributed by atoms with E-state index in [-0.39, 0.29) is 35.8 Å². The zero-order valence-electron chi connectivity index (χ0n) is 24.4. The van der Waals surface area contributed by atoms with E-state index in [4.69, 9.17) is 19.2 Å². The molecule has 1 aliphatic heterocycles. The number of rotatable bonds is 9. The lowest BCUT2D eigenvalue weighted by Gasteiger charge is -2.32. The zero-order chi connectivity index (χ0) is 30.7. The van der Waals surface area contributed by atoms with E-state index in [0.717, 1.165) is 5.39 Å². The molecule has 4 aromatic rings. The number of benzene rings is 2. The largest absolute Gasteiger partial charge is 0.507 e. The fourth-order valence-electron chi connectivity index (χ4n) is 5.53. The monoisotopic (exact) mass is 589 g/mol. The van der Waals surface area contributed by atoms with Crippen LogP contribution < -0.4 is 15.2 Å². The first-order valence-corrected chi connectivity index (χ1v) is 14.0. The topological polar surface area (TPSA) is 144 Å². The van der Waals surface area contributed by atoms with Gasteiger partial charge in [0.15, 0.2) is 11.5 Å². The van der Waals surface area contributed by atoms with Crippen molar-refractivity contribution < 1.29 is 34.3 Å². The summed E-state index contributed by atoms with van der Waals surface area (Å²) in [7, 11) is 2.86. The van der Waals surface area contributed by atoms with E-state index in [2.05, 4.69) is 4.90 Å². The number of carbonyl (C=O) groups is 1. The normalized spacial score (nSPS) is 14.1. The molecule has 43 heavy (non-hydrogen) atoms. The zero-order valence-corrected chi connectivity index (χ0v) is 24.4. The Balaban J connectivity index is 1.67. The van der Waals surface area contributed by atoms with E-state index in [1.807, 2.05) is 24.3 Å². The van der Waals surface area contributed by atoms with Crippen LogP contribution >= 0.6 is 0 Å². The minimum Gasteiger partial charge on any atom is -0.507 e. The maximum absolute atomic E-state index is 14.2. The van der Waals surface area contributed by atoms with Gasteiger partial charge in [0.25, 0.3) is 5.56 Å². The van der Waals surface area contributed by atoms with Crippen molar-refractivity contribution in [3.8, 4) is 23.0 Å². The molecule has 5 rings (SSSR count). The summed E-state index contributed by atoms with van der Waals surface area (Å²) in [4.78, 5) is 34.0. The van der Waals surface area contributed by atoms with Crippen molar-refractivity contribution >= 4 is 22.7 Å². The number of aryl methyl sites for hydroxylation is 2. The molecule has 1 atom stereocenters. The Bertz CT molecular complexity index is 1710. The smallest absolute Gasteiger partial charge is 0.306 e. The lowest BCUT2D eigenvalue weighted by molar-refractivity contribution is -0.140. The van der Waals surface area contributed by atoms with Crippen LogP contribution in [0.3, 0.4) is 0 Å². The van der Waals surface area contributed by atoms with Crippen LogP contribution in [0, 0.1) is 6.92 Å². The highest BCUT2D eigenvalue weighted by Crippen LogP contribution is 2.39. The highest BCUT2D eigenvalue weighted by molar-refractivity contribution is 5.84. The predicted octanol–water partition coefficient (Wildman–Crippen LogP) is 3.60. The number of phenols is 2. The first kappa shape index (κ1) is 29.7. The third-order valence-corrected chi connectivity index (χ3v) is 7.85. The number of phenolic OH excluding ortho intramolecular Hbond substituents is 2. The minimum absolute atomic E-state index is 0.0584. The molecule has 1 fully saturated rings. The Labute approximate surface area is 248 Å². The van der Waals surface area contributed by atoms with Crippen LogP contribution in [0.15, 0.2) is 53.3 Å². The van der Waals surface area contributed by atoms with Gasteiger partial charge in [0.1, 0.15) is 17.3 Å². The summed E-state index contributed by atoms with van der Waals surface area (Å²) in [6.45, 7) is 4.08. The summed E-state index contributed by atoms with van der Waals surface area (Å²) < 4.78 is 17.6. The van der Waals surface area contributed by atoms with Gasteiger partial charge in [0.2, 0.25) is 0 Å². The quantitative estimate of drug-likeness (QED) is 0.196. The third kappa shape index (κ3) is 6.21. The first-order valence-electron chi connectivity index (χ1n) is 14.0. The molecular weight excluding hydrogens is 554 g/mol. The summed E-state index contributed by atoms with van der Waals surface area (Å²) in [5.74, 6) is -0.909. The van der Waals surface area contributed by atoms with Gasteiger partial charge >= 0.3 is 5.97 Å². The second kappa shape index (κ2) is 12.6. The minimum atomic E-state index is -0.884. The standard InChI is InChI=1S/C32H35N3O8/c1-19-14-28(38)30(32(40)35(19)9-8-20-4-7-26(36)27(37)15-20)23(18-29(39)42-3)24-17-21-16-22(41-2)5-6-25(21)33-31(24)34-10-12-43-13-11-34/h4-7,14-17,23,36-38H,8-13,18H2,1-3H3/t23-/m0/s1. The predicted molar refractivity (Wildman–Crippen MR) is 160 cm³/mol. The average Bonchev–Trinajstić information content (AvgIpc) is 3.01. The fourth-order valence-corrected chi connectivity index (χ4v) is 5.53. The van der Waals surface area contributed by atoms with Gasteiger partial charge in [-0.25, -0.2) is 4.98 Å². The summed E-state index contributed by atoms with van der Waals surface area (Å²) in [5, 5.41) is 31.6. The number of morpholine rings is 1. The SMILES string of the molecule is COC(=O)C[C@@H](c1cc2cc(OC)ccc2nc1N1CCOCC1)c1c(O)cc(C)n(CCc2ccc(O)c(O)c2)c1=O. The number of hydrogen-bond donors (Lipinski definition) is 3. The number of fused-ring (bicyclic) bond motifs is 1. The first-order chi connectivity index (χ1) is 20.7. The van der Waals surface area contributed by atoms with Crippen LogP contribution in [-0.2, 0) is 27.2 Å². The van der Waals surface area contributed by atoms with Gasteiger partial charge in [-0.1, -0.05) is 6.07 Å². The third-order valence-electron chi connectivity index (χ3n) is 7.85. The van der Waals surface area contributed by atoms with E-state index in [9.17, 15) is 24.9 Å². The number of aromatic hydroxyl groups is 3. The van der Waals surface area contributed by atoms with E-state index in [1.54, 1.807) is 20.1 Å². The molecule has 11 heteroatoms. The van der Waals surface area contributed by atoms with Crippen LogP contribution in [0.4, 0.5) is 5.82 Å². The van der Waals surface area contributed by atoms with Crippen molar-refractivity contribution in [1.82, 2.24) is 9.55 Å². The van der Waals surface area contributed by atoms with E-state index >= 15 is 0 Å². The maximum atomic E-state index is 14.2. The second-order valence-corrected chi connectivity index (χ2v) is 10.5. The Morgan fingerprint density at radius 1 is 1.00 bits per heavy atom. The molecule has 3 N–H and O–H groups in total. The number of nitrogens with zero attached hydrogens (tertiary/aromatic N) is 3. The molecule has 0 radical (unpaired) electrons. The number of carbonyl (C=O) groups excluding carboxylic acids is 1. The summed E-state index contributed by atoms with van der Waals surface area (Å²) in [5.41, 5.74) is 2.16. The molecule has 0 saturated carbocycles. The molecule has 226 valence electrons. The number of pyridine rings is 2. The highest BCUT2D eigenvalue weighted by atomic mass is 16.5. The summed E-state index contributed by atoms with van der Waals surface area (Å²) in [6, 6.07) is 13.4. The van der Waals surface area contributed by atoms with Crippen molar-refractivity contribution in [2.45, 2.75) is 32.2 Å².